The molecule has 146 valence electrons. The van der Waals surface area contributed by atoms with Gasteiger partial charge in [-0.15, -0.1) is 0 Å². The highest BCUT2D eigenvalue weighted by Gasteiger charge is 2.28. The zero-order chi connectivity index (χ0) is 19.1. The van der Waals surface area contributed by atoms with E-state index in [9.17, 15) is 4.79 Å². The fourth-order valence-corrected chi connectivity index (χ4v) is 3.78. The van der Waals surface area contributed by atoms with E-state index in [2.05, 4.69) is 45.7 Å². The first-order valence-electron chi connectivity index (χ1n) is 10.3. The summed E-state index contributed by atoms with van der Waals surface area (Å²) in [6.07, 6.45) is 6.87. The quantitative estimate of drug-likeness (QED) is 0.772. The molecule has 1 aliphatic rings. The maximum Gasteiger partial charge on any atom is 0.224 e. The summed E-state index contributed by atoms with van der Waals surface area (Å²) in [5, 5.41) is 0. The highest BCUT2D eigenvalue weighted by atomic mass is 16.2. The molecule has 1 aromatic heterocycles. The molecule has 5 heteroatoms. The van der Waals surface area contributed by atoms with Crippen molar-refractivity contribution in [3.63, 3.8) is 0 Å². The minimum absolute atomic E-state index is 0.252. The molecule has 0 aliphatic carbocycles. The molecule has 5 nitrogen and oxygen atoms in total. The molecule has 1 fully saturated rings. The molecule has 1 aliphatic heterocycles. The van der Waals surface area contributed by atoms with Crippen LogP contribution in [0.25, 0.3) is 0 Å². The number of H-pyrrole nitrogens is 1. The molecule has 2 heterocycles. The molecule has 1 aromatic carbocycles. The number of rotatable bonds is 8. The van der Waals surface area contributed by atoms with Gasteiger partial charge in [0.1, 0.15) is 5.82 Å². The number of hydrogen-bond donors (Lipinski definition) is 1. The average Bonchev–Trinajstić information content (AvgIpc) is 3.08. The number of hydrogen-bond acceptors (Lipinski definition) is 3. The normalized spacial score (nSPS) is 18.7. The van der Waals surface area contributed by atoms with Crippen molar-refractivity contribution in [1.29, 1.82) is 0 Å². The van der Waals surface area contributed by atoms with Crippen LogP contribution in [0, 0.1) is 0 Å². The molecule has 0 bridgehead atoms. The summed E-state index contributed by atoms with van der Waals surface area (Å²) in [6.45, 7) is 7.64. The van der Waals surface area contributed by atoms with E-state index in [1.165, 1.54) is 12.0 Å². The predicted molar refractivity (Wildman–Crippen MR) is 108 cm³/mol. The second kappa shape index (κ2) is 9.70. The summed E-state index contributed by atoms with van der Waals surface area (Å²) in [6, 6.07) is 10.6. The first kappa shape index (κ1) is 19.6. The lowest BCUT2D eigenvalue weighted by atomic mass is 10.1. The fraction of sp³-hybridized carbons (Fsp3) is 0.545. The van der Waals surface area contributed by atoms with Crippen molar-refractivity contribution in [1.82, 2.24) is 19.8 Å². The summed E-state index contributed by atoms with van der Waals surface area (Å²) in [5.41, 5.74) is 2.35. The summed E-state index contributed by atoms with van der Waals surface area (Å²) in [7, 11) is 0. The van der Waals surface area contributed by atoms with Crippen LogP contribution < -0.4 is 0 Å². The molecule has 3 rings (SSSR count). The van der Waals surface area contributed by atoms with Crippen LogP contribution in [-0.4, -0.2) is 44.8 Å². The van der Waals surface area contributed by atoms with E-state index in [1.54, 1.807) is 0 Å². The van der Waals surface area contributed by atoms with E-state index in [0.717, 1.165) is 50.4 Å². The summed E-state index contributed by atoms with van der Waals surface area (Å²) >= 11 is 0. The molecule has 0 unspecified atom stereocenters. The van der Waals surface area contributed by atoms with Crippen molar-refractivity contribution in [3.05, 3.63) is 53.6 Å². The monoisotopic (exact) mass is 368 g/mol. The molecule has 2 aromatic rings. The van der Waals surface area contributed by atoms with E-state index >= 15 is 0 Å². The number of nitrogens with zero attached hydrogens (tertiary/aromatic N) is 3. The van der Waals surface area contributed by atoms with Crippen LogP contribution in [0.2, 0.25) is 0 Å². The first-order valence-corrected chi connectivity index (χ1v) is 10.3. The Morgan fingerprint density at radius 1 is 1.19 bits per heavy atom. The van der Waals surface area contributed by atoms with Gasteiger partial charge in [0, 0.05) is 57.0 Å². The molecule has 0 spiro atoms. The number of aromatic nitrogens is 2. The molecular formula is C22H32N4O. The van der Waals surface area contributed by atoms with Crippen molar-refractivity contribution in [2.45, 2.75) is 65.1 Å². The van der Waals surface area contributed by atoms with Crippen LogP contribution in [-0.2, 0) is 24.3 Å². The molecule has 1 atom stereocenters. The van der Waals surface area contributed by atoms with Crippen molar-refractivity contribution in [2.75, 3.05) is 13.1 Å². The number of carbonyl (C=O) groups is 1. The van der Waals surface area contributed by atoms with Crippen LogP contribution in [0.4, 0.5) is 0 Å². The Hall–Kier alpha value is -2.14. The molecular weight excluding hydrogens is 336 g/mol. The highest BCUT2D eigenvalue weighted by molar-refractivity contribution is 5.77. The van der Waals surface area contributed by atoms with Gasteiger partial charge in [0.15, 0.2) is 0 Å². The number of aryl methyl sites for hydroxylation is 1. The van der Waals surface area contributed by atoms with Gasteiger partial charge in [-0.3, -0.25) is 9.69 Å². The van der Waals surface area contributed by atoms with Gasteiger partial charge < -0.3 is 9.88 Å². The first-order chi connectivity index (χ1) is 13.2. The third-order valence-corrected chi connectivity index (χ3v) is 5.38. The Balaban J connectivity index is 1.64. The Bertz CT molecular complexity index is 712. The zero-order valence-corrected chi connectivity index (χ0v) is 16.7. The number of aromatic amines is 1. The summed E-state index contributed by atoms with van der Waals surface area (Å²) in [5.74, 6) is 1.34. The van der Waals surface area contributed by atoms with Crippen LogP contribution in [0.5, 0.6) is 0 Å². The van der Waals surface area contributed by atoms with Gasteiger partial charge in [0.05, 0.1) is 0 Å². The van der Waals surface area contributed by atoms with Crippen LogP contribution in [0.1, 0.15) is 56.6 Å². The van der Waals surface area contributed by atoms with E-state index in [4.69, 9.17) is 0 Å². The lowest BCUT2D eigenvalue weighted by molar-refractivity contribution is -0.133. The largest absolute Gasteiger partial charge is 0.345 e. The van der Waals surface area contributed by atoms with E-state index in [0.29, 0.717) is 13.0 Å². The van der Waals surface area contributed by atoms with Crippen molar-refractivity contribution in [3.8, 4) is 0 Å². The van der Waals surface area contributed by atoms with Gasteiger partial charge in [-0.25, -0.2) is 4.98 Å². The summed E-state index contributed by atoms with van der Waals surface area (Å²) in [4.78, 5) is 25.2. The smallest absolute Gasteiger partial charge is 0.224 e. The van der Waals surface area contributed by atoms with Gasteiger partial charge in [-0.2, -0.15) is 0 Å². The Kier molecular flexibility index (Phi) is 7.04. The predicted octanol–water partition coefficient (Wildman–Crippen LogP) is 3.77. The van der Waals surface area contributed by atoms with Gasteiger partial charge in [-0.05, 0) is 18.4 Å². The highest BCUT2D eigenvalue weighted by Crippen LogP contribution is 2.19. The molecule has 1 amide bonds. The minimum atomic E-state index is 0.252. The summed E-state index contributed by atoms with van der Waals surface area (Å²) < 4.78 is 0. The second-order valence-corrected chi connectivity index (χ2v) is 7.51. The third kappa shape index (κ3) is 5.42. The molecule has 1 N–H and O–H groups in total. The second-order valence-electron chi connectivity index (χ2n) is 7.51. The number of unbranched alkanes of at least 4 members (excludes halogenated alkanes) is 1. The fourth-order valence-electron chi connectivity index (χ4n) is 3.78. The van der Waals surface area contributed by atoms with E-state index < -0.39 is 0 Å². The van der Waals surface area contributed by atoms with Crippen LogP contribution >= 0.6 is 0 Å². The Morgan fingerprint density at radius 2 is 2.00 bits per heavy atom. The SMILES string of the molecule is CCCCc1ncc(CN2CCC(=O)N(Cc3ccccc3)[C@@H](CC)C2)[nH]1. The lowest BCUT2D eigenvalue weighted by Crippen LogP contribution is -2.42. The number of carbonyl (C=O) groups excluding carboxylic acids is 1. The number of amides is 1. The van der Waals surface area contributed by atoms with Gasteiger partial charge in [0.2, 0.25) is 5.91 Å². The standard InChI is InChI=1S/C22H32N4O/c1-3-5-11-21-23-14-19(24-21)16-25-13-12-22(27)26(20(4-2)17-25)15-18-9-7-6-8-10-18/h6-10,14,20H,3-5,11-13,15-17H2,1-2H3,(H,23,24)/t20-/m0/s1. The average molecular weight is 369 g/mol. The number of nitrogens with one attached hydrogen (secondary N) is 1. The van der Waals surface area contributed by atoms with Crippen molar-refractivity contribution < 1.29 is 4.79 Å². The zero-order valence-electron chi connectivity index (χ0n) is 16.7. The van der Waals surface area contributed by atoms with Gasteiger partial charge in [-0.1, -0.05) is 50.6 Å². The van der Waals surface area contributed by atoms with Gasteiger partial charge in [0.25, 0.3) is 0 Å². The number of imidazole rings is 1. The van der Waals surface area contributed by atoms with Gasteiger partial charge >= 0.3 is 0 Å². The third-order valence-electron chi connectivity index (χ3n) is 5.38. The Morgan fingerprint density at radius 3 is 2.74 bits per heavy atom. The number of benzene rings is 1. The topological polar surface area (TPSA) is 52.2 Å². The Labute approximate surface area is 162 Å². The van der Waals surface area contributed by atoms with E-state index in [1.807, 2.05) is 24.4 Å². The van der Waals surface area contributed by atoms with E-state index in [-0.39, 0.29) is 11.9 Å². The molecule has 27 heavy (non-hydrogen) atoms. The van der Waals surface area contributed by atoms with Crippen LogP contribution in [0.3, 0.4) is 0 Å². The van der Waals surface area contributed by atoms with Crippen molar-refractivity contribution >= 4 is 5.91 Å². The van der Waals surface area contributed by atoms with Crippen LogP contribution in [0.15, 0.2) is 36.5 Å². The molecule has 1 saturated heterocycles. The lowest BCUT2D eigenvalue weighted by Gasteiger charge is -2.31. The maximum atomic E-state index is 12.8. The molecule has 0 radical (unpaired) electrons. The van der Waals surface area contributed by atoms with Crippen molar-refractivity contribution in [2.24, 2.45) is 0 Å². The minimum Gasteiger partial charge on any atom is -0.345 e. The maximum absolute atomic E-state index is 12.8. The molecule has 0 saturated carbocycles.